The second-order valence-electron chi connectivity index (χ2n) is 7.93. The Bertz CT molecular complexity index is 938. The van der Waals surface area contributed by atoms with Crippen LogP contribution in [-0.2, 0) is 4.79 Å². The average molecular weight is 398 g/mol. The highest BCUT2D eigenvalue weighted by Gasteiger charge is 2.34. The van der Waals surface area contributed by atoms with Crippen LogP contribution >= 0.6 is 0 Å². The van der Waals surface area contributed by atoms with E-state index in [0.717, 1.165) is 24.2 Å². The lowest BCUT2D eigenvalue weighted by Crippen LogP contribution is -2.46. The number of para-hydroxylation sites is 1. The van der Waals surface area contributed by atoms with Crippen LogP contribution in [0.4, 0.5) is 14.5 Å². The molecule has 0 saturated carbocycles. The van der Waals surface area contributed by atoms with Gasteiger partial charge in [-0.25, -0.2) is 8.78 Å². The summed E-state index contributed by atoms with van der Waals surface area (Å²) in [6, 6.07) is 11.0. The molecular formula is C23H24F2N2O2. The van der Waals surface area contributed by atoms with Crippen LogP contribution in [0.3, 0.4) is 0 Å². The van der Waals surface area contributed by atoms with E-state index in [1.807, 2.05) is 23.1 Å². The number of halogens is 2. The van der Waals surface area contributed by atoms with Gasteiger partial charge in [-0.2, -0.15) is 0 Å². The summed E-state index contributed by atoms with van der Waals surface area (Å²) in [6.45, 7) is 3.66. The number of benzene rings is 2. The molecule has 2 aromatic rings. The van der Waals surface area contributed by atoms with Gasteiger partial charge < -0.3 is 9.80 Å². The van der Waals surface area contributed by atoms with Gasteiger partial charge in [-0.1, -0.05) is 25.1 Å². The molecule has 6 heteroatoms. The number of piperidine rings is 1. The van der Waals surface area contributed by atoms with Gasteiger partial charge in [-0.05, 0) is 48.9 Å². The van der Waals surface area contributed by atoms with Crippen molar-refractivity contribution in [1.29, 1.82) is 0 Å². The average Bonchev–Trinajstić information content (AvgIpc) is 2.73. The van der Waals surface area contributed by atoms with Crippen molar-refractivity contribution in [2.45, 2.75) is 32.1 Å². The van der Waals surface area contributed by atoms with Gasteiger partial charge in [0.15, 0.2) is 0 Å². The fourth-order valence-corrected chi connectivity index (χ4v) is 4.36. The summed E-state index contributed by atoms with van der Waals surface area (Å²) in [5.74, 6) is -1.64. The van der Waals surface area contributed by atoms with Gasteiger partial charge in [0.25, 0.3) is 5.91 Å². The normalized spacial score (nSPS) is 19.8. The van der Waals surface area contributed by atoms with E-state index in [4.69, 9.17) is 0 Å². The first-order valence-corrected chi connectivity index (χ1v) is 10.1. The van der Waals surface area contributed by atoms with Crippen molar-refractivity contribution in [3.63, 3.8) is 0 Å². The summed E-state index contributed by atoms with van der Waals surface area (Å²) in [4.78, 5) is 29.2. The Kier molecular flexibility index (Phi) is 5.35. The van der Waals surface area contributed by atoms with Crippen molar-refractivity contribution in [1.82, 2.24) is 4.90 Å². The lowest BCUT2D eigenvalue weighted by atomic mass is 9.89. The second kappa shape index (κ2) is 7.93. The van der Waals surface area contributed by atoms with Gasteiger partial charge in [-0.15, -0.1) is 0 Å². The second-order valence-corrected chi connectivity index (χ2v) is 7.93. The lowest BCUT2D eigenvalue weighted by molar-refractivity contribution is -0.123. The quantitative estimate of drug-likeness (QED) is 0.754. The first-order valence-electron chi connectivity index (χ1n) is 10.1. The predicted molar refractivity (Wildman–Crippen MR) is 107 cm³/mol. The van der Waals surface area contributed by atoms with Crippen molar-refractivity contribution in [2.24, 2.45) is 5.92 Å². The Morgan fingerprint density at radius 2 is 1.69 bits per heavy atom. The minimum absolute atomic E-state index is 0.101. The first kappa shape index (κ1) is 19.6. The van der Waals surface area contributed by atoms with Crippen molar-refractivity contribution in [3.8, 4) is 0 Å². The summed E-state index contributed by atoms with van der Waals surface area (Å²) in [5, 5.41) is 0. The summed E-state index contributed by atoms with van der Waals surface area (Å²) in [5.41, 5.74) is 2.06. The molecule has 1 atom stereocenters. The van der Waals surface area contributed by atoms with E-state index in [1.165, 1.54) is 11.6 Å². The number of carbonyl (C=O) groups is 2. The fourth-order valence-electron chi connectivity index (χ4n) is 4.36. The number of likely N-dealkylation sites (tertiary alicyclic amines) is 1. The molecule has 1 fully saturated rings. The third-order valence-electron chi connectivity index (χ3n) is 6.10. The van der Waals surface area contributed by atoms with Crippen LogP contribution in [0, 0.1) is 17.6 Å². The topological polar surface area (TPSA) is 40.6 Å². The summed E-state index contributed by atoms with van der Waals surface area (Å²) < 4.78 is 27.0. The molecule has 2 amide bonds. The molecule has 0 aliphatic carbocycles. The van der Waals surface area contributed by atoms with Gasteiger partial charge in [0.2, 0.25) is 5.91 Å². The van der Waals surface area contributed by atoms with E-state index in [0.29, 0.717) is 38.4 Å². The minimum Gasteiger partial charge on any atom is -0.339 e. The molecule has 2 aromatic carbocycles. The molecule has 2 aliphatic rings. The number of amides is 2. The highest BCUT2D eigenvalue weighted by Crippen LogP contribution is 2.36. The molecule has 0 radical (unpaired) electrons. The van der Waals surface area contributed by atoms with E-state index in [1.54, 1.807) is 4.90 Å². The SMILES string of the molecule is CC1CCN(C(=O)C2CCN(C(=O)c3ccc(F)cc3F)CC2)c2ccccc21. The Hall–Kier alpha value is -2.76. The van der Waals surface area contributed by atoms with Crippen LogP contribution in [0.5, 0.6) is 0 Å². The zero-order chi connectivity index (χ0) is 20.5. The van der Waals surface area contributed by atoms with Crippen LogP contribution in [0.25, 0.3) is 0 Å². The van der Waals surface area contributed by atoms with Crippen LogP contribution in [0.1, 0.15) is 48.0 Å². The number of rotatable bonds is 2. The number of fused-ring (bicyclic) bond motifs is 1. The highest BCUT2D eigenvalue weighted by atomic mass is 19.1. The molecule has 0 spiro atoms. The van der Waals surface area contributed by atoms with Crippen LogP contribution in [0.15, 0.2) is 42.5 Å². The van der Waals surface area contributed by atoms with Crippen LogP contribution in [0.2, 0.25) is 0 Å². The van der Waals surface area contributed by atoms with E-state index >= 15 is 0 Å². The summed E-state index contributed by atoms with van der Waals surface area (Å²) >= 11 is 0. The molecule has 4 rings (SSSR count). The van der Waals surface area contributed by atoms with E-state index in [-0.39, 0.29) is 17.4 Å². The molecule has 0 aromatic heterocycles. The largest absolute Gasteiger partial charge is 0.339 e. The molecular weight excluding hydrogens is 374 g/mol. The maximum Gasteiger partial charge on any atom is 0.256 e. The molecule has 29 heavy (non-hydrogen) atoms. The van der Waals surface area contributed by atoms with Gasteiger partial charge in [0, 0.05) is 37.3 Å². The van der Waals surface area contributed by atoms with Crippen LogP contribution in [-0.4, -0.2) is 36.3 Å². The first-order chi connectivity index (χ1) is 14.0. The Labute approximate surface area is 169 Å². The van der Waals surface area contributed by atoms with Crippen molar-refractivity contribution >= 4 is 17.5 Å². The van der Waals surface area contributed by atoms with Crippen LogP contribution < -0.4 is 4.90 Å². The molecule has 1 saturated heterocycles. The molecule has 2 aliphatic heterocycles. The summed E-state index contributed by atoms with van der Waals surface area (Å²) in [7, 11) is 0. The zero-order valence-electron chi connectivity index (χ0n) is 16.4. The monoisotopic (exact) mass is 398 g/mol. The number of carbonyl (C=O) groups excluding carboxylic acids is 2. The van der Waals surface area contributed by atoms with Crippen molar-refractivity contribution in [2.75, 3.05) is 24.5 Å². The molecule has 152 valence electrons. The van der Waals surface area contributed by atoms with Gasteiger partial charge in [-0.3, -0.25) is 9.59 Å². The predicted octanol–water partition coefficient (Wildman–Crippen LogP) is 4.36. The Morgan fingerprint density at radius 1 is 0.966 bits per heavy atom. The zero-order valence-corrected chi connectivity index (χ0v) is 16.4. The Morgan fingerprint density at radius 3 is 2.41 bits per heavy atom. The van der Waals surface area contributed by atoms with Gasteiger partial charge in [0.05, 0.1) is 5.56 Å². The van der Waals surface area contributed by atoms with Gasteiger partial charge in [0.1, 0.15) is 11.6 Å². The van der Waals surface area contributed by atoms with Crippen molar-refractivity contribution < 1.29 is 18.4 Å². The van der Waals surface area contributed by atoms with Gasteiger partial charge >= 0.3 is 0 Å². The molecule has 4 nitrogen and oxygen atoms in total. The molecule has 0 N–H and O–H groups in total. The third-order valence-corrected chi connectivity index (χ3v) is 6.10. The van der Waals surface area contributed by atoms with E-state index in [2.05, 4.69) is 13.0 Å². The molecule has 1 unspecified atom stereocenters. The number of nitrogens with zero attached hydrogens (tertiary/aromatic N) is 2. The highest BCUT2D eigenvalue weighted by molar-refractivity contribution is 5.97. The maximum atomic E-state index is 13.9. The summed E-state index contributed by atoms with van der Waals surface area (Å²) in [6.07, 6.45) is 2.02. The van der Waals surface area contributed by atoms with E-state index < -0.39 is 17.5 Å². The standard InChI is InChI=1S/C23H24F2N2O2/c1-15-8-13-27(21-5-3-2-4-18(15)21)22(28)16-9-11-26(12-10-16)23(29)19-7-6-17(24)14-20(19)25/h2-7,14-16H,8-13H2,1H3. The molecule has 2 heterocycles. The number of hydrogen-bond donors (Lipinski definition) is 0. The smallest absolute Gasteiger partial charge is 0.256 e. The molecule has 0 bridgehead atoms. The number of anilines is 1. The fraction of sp³-hybridized carbons (Fsp3) is 0.391. The van der Waals surface area contributed by atoms with E-state index in [9.17, 15) is 18.4 Å². The lowest BCUT2D eigenvalue weighted by Gasteiger charge is -2.38. The minimum atomic E-state index is -0.854. The Balaban J connectivity index is 1.43. The third kappa shape index (κ3) is 3.76. The number of hydrogen-bond acceptors (Lipinski definition) is 2. The maximum absolute atomic E-state index is 13.9. The van der Waals surface area contributed by atoms with Crippen molar-refractivity contribution in [3.05, 3.63) is 65.2 Å².